The quantitative estimate of drug-likeness (QED) is 0.299. The van der Waals surface area contributed by atoms with Crippen molar-refractivity contribution in [1.82, 2.24) is 24.8 Å². The number of amides is 2. The molecule has 2 fully saturated rings. The highest BCUT2D eigenvalue weighted by Gasteiger charge is 2.55. The van der Waals surface area contributed by atoms with Crippen molar-refractivity contribution < 1.29 is 18.8 Å². The Morgan fingerprint density at radius 2 is 1.74 bits per heavy atom. The van der Waals surface area contributed by atoms with E-state index in [-0.39, 0.29) is 42.6 Å². The van der Waals surface area contributed by atoms with Crippen LogP contribution in [0.3, 0.4) is 0 Å². The number of ketones is 1. The minimum Gasteiger partial charge on any atom is -0.348 e. The third-order valence-corrected chi connectivity index (χ3v) is 8.41. The molecule has 4 aromatic rings. The Hall–Kier alpha value is -4.66. The lowest BCUT2D eigenvalue weighted by atomic mass is 10.0. The molecule has 0 unspecified atom stereocenters. The smallest absolute Gasteiger partial charge is 0.243 e. The number of hydrogen-bond acceptors (Lipinski definition) is 5. The fourth-order valence-corrected chi connectivity index (χ4v) is 5.97. The van der Waals surface area contributed by atoms with Crippen molar-refractivity contribution in [2.24, 2.45) is 5.92 Å². The molecule has 2 aromatic carbocycles. The number of halogens is 1. The summed E-state index contributed by atoms with van der Waals surface area (Å²) in [6, 6.07) is 14.3. The predicted octanol–water partition coefficient (Wildman–Crippen LogP) is 5.12. The second-order valence-electron chi connectivity index (χ2n) is 11.2. The van der Waals surface area contributed by atoms with Crippen LogP contribution in [0.25, 0.3) is 27.6 Å². The first-order valence-corrected chi connectivity index (χ1v) is 14.1. The fourth-order valence-electron chi connectivity index (χ4n) is 5.97. The summed E-state index contributed by atoms with van der Waals surface area (Å²) in [5.74, 6) is -0.111. The standard InChI is InChI=1S/C33H32FN5O3/c1-19(22-7-5-4-6-8-22)28(34)16-37-33(42)31-13-24-12-30(24)39(31)32(41)18-38-17-27(20(2)40)26-11-23(9-10-29(26)38)25-14-35-21(3)36-15-25/h4-11,14-15,17,24,30-31H,12-13,16,18H2,1-3H3,(H,37,42)/b28-19+/t24-,30-,31+/m1/s1. The number of fused-ring (bicyclic) bond motifs is 2. The van der Waals surface area contributed by atoms with E-state index in [0.717, 1.165) is 34.0 Å². The van der Waals surface area contributed by atoms with Gasteiger partial charge in [-0.15, -0.1) is 0 Å². The summed E-state index contributed by atoms with van der Waals surface area (Å²) in [5.41, 5.74) is 4.19. The molecule has 2 aliphatic rings. The van der Waals surface area contributed by atoms with Crippen molar-refractivity contribution in [2.45, 2.75) is 52.2 Å². The number of carbonyl (C=O) groups is 3. The first kappa shape index (κ1) is 27.5. The highest BCUT2D eigenvalue weighted by Crippen LogP contribution is 2.48. The lowest BCUT2D eigenvalue weighted by Gasteiger charge is -2.27. The van der Waals surface area contributed by atoms with Crippen LogP contribution in [0.4, 0.5) is 4.39 Å². The Morgan fingerprint density at radius 3 is 2.45 bits per heavy atom. The van der Waals surface area contributed by atoms with E-state index in [4.69, 9.17) is 0 Å². The van der Waals surface area contributed by atoms with Gasteiger partial charge in [-0.2, -0.15) is 0 Å². The maximum Gasteiger partial charge on any atom is 0.243 e. The van der Waals surface area contributed by atoms with Gasteiger partial charge in [0, 0.05) is 46.7 Å². The molecule has 0 bridgehead atoms. The van der Waals surface area contributed by atoms with Gasteiger partial charge >= 0.3 is 0 Å². The van der Waals surface area contributed by atoms with Gasteiger partial charge in [0.15, 0.2) is 5.78 Å². The van der Waals surface area contributed by atoms with Crippen molar-refractivity contribution in [2.75, 3.05) is 6.54 Å². The number of likely N-dealkylation sites (tertiary alicyclic amines) is 1. The minimum atomic E-state index is -0.645. The molecule has 9 heteroatoms. The van der Waals surface area contributed by atoms with Crippen molar-refractivity contribution in [3.05, 3.63) is 89.9 Å². The number of nitrogens with zero attached hydrogens (tertiary/aromatic N) is 4. The molecule has 1 aliphatic heterocycles. The third-order valence-electron chi connectivity index (χ3n) is 8.41. The number of allylic oxidation sites excluding steroid dienone is 1. The van der Waals surface area contributed by atoms with Crippen molar-refractivity contribution in [1.29, 1.82) is 0 Å². The molecular formula is C33H32FN5O3. The molecule has 0 spiro atoms. The summed E-state index contributed by atoms with van der Waals surface area (Å²) in [5, 5.41) is 3.45. The first-order chi connectivity index (χ1) is 20.2. The van der Waals surface area contributed by atoms with E-state index in [0.29, 0.717) is 23.4 Å². The van der Waals surface area contributed by atoms with Gasteiger partial charge in [0.2, 0.25) is 11.8 Å². The van der Waals surface area contributed by atoms with Crippen LogP contribution in [0.2, 0.25) is 0 Å². The summed E-state index contributed by atoms with van der Waals surface area (Å²) >= 11 is 0. The van der Waals surface area contributed by atoms with Crippen LogP contribution in [0.15, 0.2) is 72.9 Å². The lowest BCUT2D eigenvalue weighted by Crippen LogP contribution is -2.49. The number of Topliss-reactive ketones (excluding diaryl/α,β-unsaturated/α-hetero) is 1. The molecule has 6 rings (SSSR count). The summed E-state index contributed by atoms with van der Waals surface area (Å²) in [7, 11) is 0. The molecular weight excluding hydrogens is 533 g/mol. The van der Waals surface area contributed by atoms with Gasteiger partial charge in [0.25, 0.3) is 0 Å². The van der Waals surface area contributed by atoms with E-state index in [2.05, 4.69) is 15.3 Å². The number of carbonyl (C=O) groups excluding carboxylic acids is 3. The van der Waals surface area contributed by atoms with E-state index in [9.17, 15) is 18.8 Å². The minimum absolute atomic E-state index is 0.00878. The van der Waals surface area contributed by atoms with Crippen LogP contribution >= 0.6 is 0 Å². The van der Waals surface area contributed by atoms with E-state index in [1.165, 1.54) is 6.92 Å². The average Bonchev–Trinajstić information content (AvgIpc) is 3.50. The number of piperidine rings is 1. The van der Waals surface area contributed by atoms with Gasteiger partial charge in [0.1, 0.15) is 24.2 Å². The molecule has 0 radical (unpaired) electrons. The summed E-state index contributed by atoms with van der Waals surface area (Å²) < 4.78 is 16.7. The topological polar surface area (TPSA) is 97.2 Å². The van der Waals surface area contributed by atoms with Crippen LogP contribution in [0, 0.1) is 12.8 Å². The SMILES string of the molecule is CC(=O)c1cn(CC(=O)N2[C@@H]3C[C@@H]3C[C@H]2C(=O)NC/C(F)=C(/C)c2ccccc2)c2ccc(-c3cnc(C)nc3)cc12. The Labute approximate surface area is 243 Å². The molecule has 2 amide bonds. The van der Waals surface area contributed by atoms with Crippen molar-refractivity contribution >= 4 is 34.1 Å². The van der Waals surface area contributed by atoms with E-state index >= 15 is 0 Å². The van der Waals surface area contributed by atoms with Crippen LogP contribution in [-0.4, -0.2) is 55.7 Å². The second-order valence-corrected chi connectivity index (χ2v) is 11.2. The number of rotatable bonds is 8. The molecule has 8 nitrogen and oxygen atoms in total. The van der Waals surface area contributed by atoms with Gasteiger partial charge in [-0.1, -0.05) is 36.4 Å². The number of nitrogens with one attached hydrogen (secondary N) is 1. The van der Waals surface area contributed by atoms with Crippen molar-refractivity contribution in [3.8, 4) is 11.1 Å². The largest absolute Gasteiger partial charge is 0.348 e. The maximum absolute atomic E-state index is 14.9. The monoisotopic (exact) mass is 565 g/mol. The molecule has 1 saturated heterocycles. The Bertz CT molecular complexity index is 1730. The van der Waals surface area contributed by atoms with E-state index in [1.807, 2.05) is 55.5 Å². The zero-order valence-electron chi connectivity index (χ0n) is 23.8. The highest BCUT2D eigenvalue weighted by atomic mass is 19.1. The van der Waals surface area contributed by atoms with Crippen LogP contribution in [0.1, 0.15) is 48.4 Å². The maximum atomic E-state index is 14.9. The van der Waals surface area contributed by atoms with Gasteiger partial charge in [-0.25, -0.2) is 14.4 Å². The molecule has 1 saturated carbocycles. The molecule has 3 atom stereocenters. The zero-order valence-corrected chi connectivity index (χ0v) is 23.8. The van der Waals surface area contributed by atoms with E-state index < -0.39 is 11.9 Å². The first-order valence-electron chi connectivity index (χ1n) is 14.1. The average molecular weight is 566 g/mol. The summed E-state index contributed by atoms with van der Waals surface area (Å²) in [6.07, 6.45) is 6.63. The van der Waals surface area contributed by atoms with Gasteiger partial charge in [0.05, 0.1) is 6.54 Å². The number of benzene rings is 2. The number of aryl methyl sites for hydroxylation is 1. The normalized spacial score (nSPS) is 19.8. The number of hydrogen-bond donors (Lipinski definition) is 1. The zero-order chi connectivity index (χ0) is 29.5. The molecule has 1 N–H and O–H groups in total. The Balaban J connectivity index is 1.20. The second kappa shape index (κ2) is 11.0. The van der Waals surface area contributed by atoms with E-state index in [1.54, 1.807) is 35.0 Å². The Kier molecular flexibility index (Phi) is 7.18. The fraction of sp³-hybridized carbons (Fsp3) is 0.303. The highest BCUT2D eigenvalue weighted by molar-refractivity contribution is 6.08. The molecule has 1 aliphatic carbocycles. The molecule has 3 heterocycles. The van der Waals surface area contributed by atoms with Crippen LogP contribution in [0.5, 0.6) is 0 Å². The van der Waals surface area contributed by atoms with Crippen LogP contribution in [-0.2, 0) is 16.1 Å². The molecule has 214 valence electrons. The molecule has 2 aromatic heterocycles. The predicted molar refractivity (Wildman–Crippen MR) is 158 cm³/mol. The van der Waals surface area contributed by atoms with Crippen molar-refractivity contribution in [3.63, 3.8) is 0 Å². The Morgan fingerprint density at radius 1 is 1.00 bits per heavy atom. The summed E-state index contributed by atoms with van der Waals surface area (Å²) in [4.78, 5) is 49.6. The summed E-state index contributed by atoms with van der Waals surface area (Å²) in [6.45, 7) is 4.77. The lowest BCUT2D eigenvalue weighted by molar-refractivity contribution is -0.140. The third kappa shape index (κ3) is 5.22. The van der Waals surface area contributed by atoms with Gasteiger partial charge in [-0.3, -0.25) is 14.4 Å². The van der Waals surface area contributed by atoms with Gasteiger partial charge in [-0.05, 0) is 68.4 Å². The van der Waals surface area contributed by atoms with Crippen LogP contribution < -0.4 is 5.32 Å². The molecule has 42 heavy (non-hydrogen) atoms. The number of aromatic nitrogens is 3. The van der Waals surface area contributed by atoms with Gasteiger partial charge < -0.3 is 14.8 Å².